The molecule has 3 heteroatoms. The molecule has 0 aromatic carbocycles. The summed E-state index contributed by atoms with van der Waals surface area (Å²) in [4.78, 5) is 0. The zero-order valence-corrected chi connectivity index (χ0v) is 7.61. The van der Waals surface area contributed by atoms with E-state index < -0.39 is 10.8 Å². The summed E-state index contributed by atoms with van der Waals surface area (Å²) in [5.74, 6) is 2.40. The molecule has 0 radical (unpaired) electrons. The maximum Gasteiger partial charge on any atom is 0.0431 e. The lowest BCUT2D eigenvalue weighted by atomic mass is 10.00. The van der Waals surface area contributed by atoms with Crippen LogP contribution in [0.1, 0.15) is 25.7 Å². The third-order valence-corrected chi connectivity index (χ3v) is 3.76. The van der Waals surface area contributed by atoms with Crippen LogP contribution in [0.3, 0.4) is 0 Å². The molecule has 2 atom stereocenters. The minimum atomic E-state index is -0.555. The highest BCUT2D eigenvalue weighted by Crippen LogP contribution is 2.19. The van der Waals surface area contributed by atoms with Gasteiger partial charge in [-0.3, -0.25) is 4.21 Å². The minimum absolute atomic E-state index is 0.281. The number of hydrogen-bond acceptors (Lipinski definition) is 2. The van der Waals surface area contributed by atoms with Crippen molar-refractivity contribution in [2.75, 3.05) is 18.1 Å². The molecule has 0 aliphatic carbocycles. The number of hydrogen-bond donors (Lipinski definition) is 1. The molecule has 1 heterocycles. The molecule has 1 N–H and O–H groups in total. The molecular formula is C8H16O2S. The predicted octanol–water partition coefficient (Wildman–Crippen LogP) is 0.918. The third kappa shape index (κ3) is 3.34. The highest BCUT2D eigenvalue weighted by molar-refractivity contribution is 7.85. The monoisotopic (exact) mass is 176 g/mol. The Morgan fingerprint density at radius 3 is 3.00 bits per heavy atom. The van der Waals surface area contributed by atoms with Crippen LogP contribution in [-0.4, -0.2) is 27.4 Å². The molecule has 1 fully saturated rings. The molecule has 1 rings (SSSR count). The lowest BCUT2D eigenvalue weighted by Gasteiger charge is -2.20. The van der Waals surface area contributed by atoms with Crippen molar-refractivity contribution in [1.82, 2.24) is 0 Å². The second-order valence-electron chi connectivity index (χ2n) is 3.18. The van der Waals surface area contributed by atoms with Crippen molar-refractivity contribution >= 4 is 10.8 Å². The molecule has 1 saturated heterocycles. The van der Waals surface area contributed by atoms with Crippen molar-refractivity contribution in [3.63, 3.8) is 0 Å². The Bertz CT molecular complexity index is 136. The first-order chi connectivity index (χ1) is 5.33. The Kier molecular flexibility index (Phi) is 4.08. The van der Waals surface area contributed by atoms with Crippen LogP contribution in [0.15, 0.2) is 0 Å². The Morgan fingerprint density at radius 2 is 2.36 bits per heavy atom. The summed E-state index contributed by atoms with van der Waals surface area (Å²) >= 11 is 0. The third-order valence-electron chi connectivity index (χ3n) is 2.18. The quantitative estimate of drug-likeness (QED) is 0.694. The Balaban J connectivity index is 2.17. The van der Waals surface area contributed by atoms with Crippen molar-refractivity contribution in [1.29, 1.82) is 0 Å². The normalized spacial score (nSPS) is 32.1. The van der Waals surface area contributed by atoms with Gasteiger partial charge in [-0.15, -0.1) is 0 Å². The van der Waals surface area contributed by atoms with Gasteiger partial charge in [-0.05, 0) is 31.6 Å². The molecular weight excluding hydrogens is 160 g/mol. The maximum absolute atomic E-state index is 11.1. The zero-order chi connectivity index (χ0) is 8.10. The highest BCUT2D eigenvalue weighted by Gasteiger charge is 2.17. The van der Waals surface area contributed by atoms with E-state index >= 15 is 0 Å². The van der Waals surface area contributed by atoms with Crippen LogP contribution in [0.4, 0.5) is 0 Å². The fourth-order valence-corrected chi connectivity index (χ4v) is 3.08. The van der Waals surface area contributed by atoms with Crippen LogP contribution < -0.4 is 0 Å². The van der Waals surface area contributed by atoms with Gasteiger partial charge in [-0.1, -0.05) is 0 Å². The molecule has 2 unspecified atom stereocenters. The first-order valence-electron chi connectivity index (χ1n) is 4.28. The van der Waals surface area contributed by atoms with E-state index in [-0.39, 0.29) is 6.61 Å². The molecule has 0 amide bonds. The van der Waals surface area contributed by atoms with Gasteiger partial charge in [0.05, 0.1) is 0 Å². The lowest BCUT2D eigenvalue weighted by Crippen LogP contribution is -2.20. The molecule has 2 nitrogen and oxygen atoms in total. The molecule has 0 aromatic heterocycles. The Morgan fingerprint density at radius 1 is 1.55 bits per heavy atom. The van der Waals surface area contributed by atoms with E-state index in [1.165, 1.54) is 6.42 Å². The Hall–Kier alpha value is 0.110. The SMILES string of the molecule is O=S1CCCC(CCCO)C1. The van der Waals surface area contributed by atoms with Crippen molar-refractivity contribution < 1.29 is 9.32 Å². The Labute approximate surface area is 70.5 Å². The molecule has 0 bridgehead atoms. The van der Waals surface area contributed by atoms with Gasteiger partial charge in [-0.2, -0.15) is 0 Å². The number of aliphatic hydroxyl groups is 1. The van der Waals surface area contributed by atoms with Gasteiger partial charge in [-0.25, -0.2) is 0 Å². The van der Waals surface area contributed by atoms with Crippen molar-refractivity contribution in [2.24, 2.45) is 5.92 Å². The molecule has 11 heavy (non-hydrogen) atoms. The van der Waals surface area contributed by atoms with Gasteiger partial charge in [0.2, 0.25) is 0 Å². The predicted molar refractivity (Wildman–Crippen MR) is 46.9 cm³/mol. The van der Waals surface area contributed by atoms with E-state index in [1.807, 2.05) is 0 Å². The summed E-state index contributed by atoms with van der Waals surface area (Å²) in [6, 6.07) is 0. The van der Waals surface area contributed by atoms with E-state index in [0.717, 1.165) is 30.8 Å². The highest BCUT2D eigenvalue weighted by atomic mass is 32.2. The number of aliphatic hydroxyl groups excluding tert-OH is 1. The summed E-state index contributed by atoms with van der Waals surface area (Å²) < 4.78 is 11.1. The van der Waals surface area contributed by atoms with Gasteiger partial charge in [0.25, 0.3) is 0 Å². The topological polar surface area (TPSA) is 37.3 Å². The van der Waals surface area contributed by atoms with Crippen LogP contribution in [0.5, 0.6) is 0 Å². The fourth-order valence-electron chi connectivity index (χ4n) is 1.57. The van der Waals surface area contributed by atoms with E-state index in [2.05, 4.69) is 0 Å². The molecule has 66 valence electrons. The van der Waals surface area contributed by atoms with Gasteiger partial charge < -0.3 is 5.11 Å². The van der Waals surface area contributed by atoms with E-state index in [4.69, 9.17) is 5.11 Å². The first kappa shape index (κ1) is 9.20. The molecule has 0 saturated carbocycles. The van der Waals surface area contributed by atoms with Gasteiger partial charge >= 0.3 is 0 Å². The number of rotatable bonds is 3. The second-order valence-corrected chi connectivity index (χ2v) is 4.81. The van der Waals surface area contributed by atoms with Crippen LogP contribution in [0.2, 0.25) is 0 Å². The van der Waals surface area contributed by atoms with Crippen molar-refractivity contribution in [3.8, 4) is 0 Å². The fraction of sp³-hybridized carbons (Fsp3) is 1.00. The summed E-state index contributed by atoms with van der Waals surface area (Å²) in [6.07, 6.45) is 4.26. The molecule has 0 aromatic rings. The summed E-state index contributed by atoms with van der Waals surface area (Å²) in [5, 5.41) is 8.59. The first-order valence-corrected chi connectivity index (χ1v) is 5.77. The molecule has 0 spiro atoms. The maximum atomic E-state index is 11.1. The van der Waals surface area contributed by atoms with E-state index in [0.29, 0.717) is 5.92 Å². The van der Waals surface area contributed by atoms with Gasteiger partial charge in [0.15, 0.2) is 0 Å². The van der Waals surface area contributed by atoms with Gasteiger partial charge in [0, 0.05) is 28.9 Å². The molecule has 1 aliphatic rings. The van der Waals surface area contributed by atoms with Crippen LogP contribution in [0.25, 0.3) is 0 Å². The largest absolute Gasteiger partial charge is 0.396 e. The average molecular weight is 176 g/mol. The van der Waals surface area contributed by atoms with E-state index in [1.54, 1.807) is 0 Å². The average Bonchev–Trinajstić information content (AvgIpc) is 2.01. The van der Waals surface area contributed by atoms with Crippen LogP contribution in [0, 0.1) is 5.92 Å². The molecule has 1 aliphatic heterocycles. The van der Waals surface area contributed by atoms with Crippen molar-refractivity contribution in [2.45, 2.75) is 25.7 Å². The standard InChI is InChI=1S/C8H16O2S/c9-5-1-3-8-4-2-6-11(10)7-8/h8-9H,1-7H2. The summed E-state index contributed by atoms with van der Waals surface area (Å²) in [7, 11) is -0.555. The smallest absolute Gasteiger partial charge is 0.0431 e. The van der Waals surface area contributed by atoms with Gasteiger partial charge in [0.1, 0.15) is 0 Å². The lowest BCUT2D eigenvalue weighted by molar-refractivity contribution is 0.271. The van der Waals surface area contributed by atoms with E-state index in [9.17, 15) is 4.21 Å². The summed E-state index contributed by atoms with van der Waals surface area (Å²) in [5.41, 5.74) is 0. The van der Waals surface area contributed by atoms with Crippen LogP contribution >= 0.6 is 0 Å². The second kappa shape index (κ2) is 4.88. The summed E-state index contributed by atoms with van der Waals surface area (Å²) in [6.45, 7) is 0.281. The van der Waals surface area contributed by atoms with Crippen molar-refractivity contribution in [3.05, 3.63) is 0 Å². The van der Waals surface area contributed by atoms with Crippen LogP contribution in [-0.2, 0) is 10.8 Å². The zero-order valence-electron chi connectivity index (χ0n) is 6.79. The minimum Gasteiger partial charge on any atom is -0.396 e.